The summed E-state index contributed by atoms with van der Waals surface area (Å²) in [5.41, 5.74) is 3.62. The van der Waals surface area contributed by atoms with Crippen LogP contribution in [0, 0.1) is 6.92 Å². The van der Waals surface area contributed by atoms with Crippen LogP contribution < -0.4 is 5.32 Å². The SMILES string of the molecule is CCc1[nH]nc(C(=O)NC[C@H](c2ccc(Cl)cc2)N2CCCC2)c1C. The molecule has 3 rings (SSSR count). The minimum absolute atomic E-state index is 0.119. The number of benzene rings is 1. The number of likely N-dealkylation sites (tertiary alicyclic amines) is 1. The highest BCUT2D eigenvalue weighted by Crippen LogP contribution is 2.26. The first-order valence-electron chi connectivity index (χ1n) is 8.91. The number of rotatable bonds is 6. The molecule has 1 aromatic carbocycles. The molecule has 0 unspecified atom stereocenters. The van der Waals surface area contributed by atoms with Crippen LogP contribution in [0.2, 0.25) is 5.02 Å². The zero-order valence-corrected chi connectivity index (χ0v) is 15.6. The van der Waals surface area contributed by atoms with Gasteiger partial charge in [-0.2, -0.15) is 5.10 Å². The van der Waals surface area contributed by atoms with Gasteiger partial charge in [-0.15, -0.1) is 0 Å². The van der Waals surface area contributed by atoms with Crippen LogP contribution in [0.15, 0.2) is 24.3 Å². The monoisotopic (exact) mass is 360 g/mol. The Balaban J connectivity index is 1.72. The second kappa shape index (κ2) is 8.02. The van der Waals surface area contributed by atoms with Crippen molar-refractivity contribution in [2.45, 2.75) is 39.2 Å². The van der Waals surface area contributed by atoms with Gasteiger partial charge in [-0.25, -0.2) is 0 Å². The standard InChI is InChI=1S/C19H25ClN4O/c1-3-16-13(2)18(23-22-16)19(25)21-12-17(24-10-4-5-11-24)14-6-8-15(20)9-7-14/h6-9,17H,3-5,10-12H2,1-2H3,(H,21,25)(H,22,23)/t17-/m1/s1. The number of hydrogen-bond acceptors (Lipinski definition) is 3. The average Bonchev–Trinajstić information content (AvgIpc) is 3.26. The number of halogens is 1. The van der Waals surface area contributed by atoms with Crippen molar-refractivity contribution in [2.24, 2.45) is 0 Å². The molecular formula is C19H25ClN4O. The summed E-state index contributed by atoms with van der Waals surface area (Å²) >= 11 is 6.02. The third kappa shape index (κ3) is 4.05. The minimum Gasteiger partial charge on any atom is -0.349 e. The zero-order valence-electron chi connectivity index (χ0n) is 14.8. The molecule has 1 atom stereocenters. The molecule has 1 aliphatic heterocycles. The van der Waals surface area contributed by atoms with Crippen LogP contribution in [-0.4, -0.2) is 40.6 Å². The topological polar surface area (TPSA) is 61.0 Å². The molecule has 1 fully saturated rings. The predicted octanol–water partition coefficient (Wildman–Crippen LogP) is 3.50. The summed E-state index contributed by atoms with van der Waals surface area (Å²) in [4.78, 5) is 15.0. The predicted molar refractivity (Wildman–Crippen MR) is 100 cm³/mol. The molecule has 5 nitrogen and oxygen atoms in total. The maximum Gasteiger partial charge on any atom is 0.272 e. The van der Waals surface area contributed by atoms with Gasteiger partial charge in [-0.05, 0) is 57.0 Å². The quantitative estimate of drug-likeness (QED) is 0.828. The van der Waals surface area contributed by atoms with Gasteiger partial charge in [0.25, 0.3) is 5.91 Å². The minimum atomic E-state index is -0.119. The molecule has 0 bridgehead atoms. The van der Waals surface area contributed by atoms with Crippen LogP contribution in [0.1, 0.15) is 53.1 Å². The molecule has 2 heterocycles. The molecule has 0 radical (unpaired) electrons. The van der Waals surface area contributed by atoms with Crippen LogP contribution in [0.3, 0.4) is 0 Å². The summed E-state index contributed by atoms with van der Waals surface area (Å²) in [6.07, 6.45) is 3.25. The first-order chi connectivity index (χ1) is 12.1. The Bertz CT molecular complexity index is 720. The Kier molecular flexibility index (Phi) is 5.76. The molecule has 25 heavy (non-hydrogen) atoms. The van der Waals surface area contributed by atoms with E-state index < -0.39 is 0 Å². The van der Waals surface area contributed by atoms with Gasteiger partial charge < -0.3 is 5.32 Å². The van der Waals surface area contributed by atoms with Gasteiger partial charge in [0.1, 0.15) is 0 Å². The number of nitrogens with one attached hydrogen (secondary N) is 2. The first kappa shape index (κ1) is 18.0. The zero-order chi connectivity index (χ0) is 17.8. The fourth-order valence-corrected chi connectivity index (χ4v) is 3.59. The van der Waals surface area contributed by atoms with Gasteiger partial charge >= 0.3 is 0 Å². The molecule has 0 spiro atoms. The molecule has 0 aliphatic carbocycles. The number of H-pyrrole nitrogens is 1. The Labute approximate surface area is 153 Å². The fraction of sp³-hybridized carbons (Fsp3) is 0.474. The van der Waals surface area contributed by atoms with E-state index in [1.54, 1.807) is 0 Å². The second-order valence-corrected chi connectivity index (χ2v) is 6.99. The largest absolute Gasteiger partial charge is 0.349 e. The highest BCUT2D eigenvalue weighted by Gasteiger charge is 2.25. The van der Waals surface area contributed by atoms with Gasteiger partial charge in [-0.1, -0.05) is 30.7 Å². The third-order valence-electron chi connectivity index (χ3n) is 4.97. The van der Waals surface area contributed by atoms with Gasteiger partial charge in [0, 0.05) is 22.8 Å². The average molecular weight is 361 g/mol. The van der Waals surface area contributed by atoms with E-state index in [1.807, 2.05) is 38.1 Å². The van der Waals surface area contributed by atoms with Gasteiger partial charge in [-0.3, -0.25) is 14.8 Å². The van der Waals surface area contributed by atoms with Crippen molar-refractivity contribution < 1.29 is 4.79 Å². The van der Waals surface area contributed by atoms with Crippen LogP contribution >= 0.6 is 11.6 Å². The van der Waals surface area contributed by atoms with Crippen molar-refractivity contribution in [3.8, 4) is 0 Å². The van der Waals surface area contributed by atoms with Gasteiger partial charge in [0.2, 0.25) is 0 Å². The van der Waals surface area contributed by atoms with Crippen molar-refractivity contribution in [3.63, 3.8) is 0 Å². The van der Waals surface area contributed by atoms with Crippen molar-refractivity contribution in [2.75, 3.05) is 19.6 Å². The number of carbonyl (C=O) groups excluding carboxylic acids is 1. The second-order valence-electron chi connectivity index (χ2n) is 6.55. The summed E-state index contributed by atoms with van der Waals surface area (Å²) < 4.78 is 0. The van der Waals surface area contributed by atoms with Gasteiger partial charge in [0.05, 0.1) is 6.04 Å². The van der Waals surface area contributed by atoms with Crippen LogP contribution in [0.25, 0.3) is 0 Å². The van der Waals surface area contributed by atoms with Crippen molar-refractivity contribution in [1.82, 2.24) is 20.4 Å². The Morgan fingerprint density at radius 2 is 2.00 bits per heavy atom. The van der Waals surface area contributed by atoms with Crippen LogP contribution in [0.5, 0.6) is 0 Å². The van der Waals surface area contributed by atoms with Crippen LogP contribution in [0.4, 0.5) is 0 Å². The van der Waals surface area contributed by atoms with E-state index in [9.17, 15) is 4.79 Å². The summed E-state index contributed by atoms with van der Waals surface area (Å²) in [6, 6.07) is 8.08. The maximum absolute atomic E-state index is 12.6. The summed E-state index contributed by atoms with van der Waals surface area (Å²) in [7, 11) is 0. The number of aromatic amines is 1. The summed E-state index contributed by atoms with van der Waals surface area (Å²) in [5.74, 6) is -0.119. The molecule has 1 aliphatic rings. The normalized spacial score (nSPS) is 16.1. The highest BCUT2D eigenvalue weighted by molar-refractivity contribution is 6.30. The van der Waals surface area contributed by atoms with Crippen molar-refractivity contribution in [1.29, 1.82) is 0 Å². The third-order valence-corrected chi connectivity index (χ3v) is 5.22. The summed E-state index contributed by atoms with van der Waals surface area (Å²) in [5, 5.41) is 10.9. The van der Waals surface area contributed by atoms with E-state index in [-0.39, 0.29) is 11.9 Å². The van der Waals surface area contributed by atoms with Gasteiger partial charge in [0.15, 0.2) is 5.69 Å². The van der Waals surface area contributed by atoms with Crippen LogP contribution in [-0.2, 0) is 6.42 Å². The number of aromatic nitrogens is 2. The molecule has 1 amide bonds. The number of nitrogens with zero attached hydrogens (tertiary/aromatic N) is 2. The van der Waals surface area contributed by atoms with E-state index in [2.05, 4.69) is 20.4 Å². The van der Waals surface area contributed by atoms with Crippen molar-refractivity contribution >= 4 is 17.5 Å². The fourth-order valence-electron chi connectivity index (χ4n) is 3.47. The lowest BCUT2D eigenvalue weighted by Crippen LogP contribution is -2.37. The lowest BCUT2D eigenvalue weighted by atomic mass is 10.1. The van der Waals surface area contributed by atoms with E-state index in [1.165, 1.54) is 18.4 Å². The van der Waals surface area contributed by atoms with E-state index in [4.69, 9.17) is 11.6 Å². The van der Waals surface area contributed by atoms with E-state index in [0.29, 0.717) is 12.2 Å². The Morgan fingerprint density at radius 1 is 1.32 bits per heavy atom. The number of hydrogen-bond donors (Lipinski definition) is 2. The molecule has 134 valence electrons. The molecule has 1 saturated heterocycles. The summed E-state index contributed by atoms with van der Waals surface area (Å²) in [6.45, 7) is 6.67. The lowest BCUT2D eigenvalue weighted by molar-refractivity contribution is 0.0932. The molecular weight excluding hydrogens is 336 g/mol. The first-order valence-corrected chi connectivity index (χ1v) is 9.29. The number of amides is 1. The molecule has 1 aromatic heterocycles. The number of carbonyl (C=O) groups is 1. The van der Waals surface area contributed by atoms with Crippen molar-refractivity contribution in [3.05, 3.63) is 51.8 Å². The highest BCUT2D eigenvalue weighted by atomic mass is 35.5. The smallest absolute Gasteiger partial charge is 0.272 e. The maximum atomic E-state index is 12.6. The Morgan fingerprint density at radius 3 is 2.60 bits per heavy atom. The van der Waals surface area contributed by atoms with E-state index in [0.717, 1.165) is 35.8 Å². The number of aryl methyl sites for hydroxylation is 1. The molecule has 0 saturated carbocycles. The molecule has 2 N–H and O–H groups in total. The Hall–Kier alpha value is -1.85. The lowest BCUT2D eigenvalue weighted by Gasteiger charge is -2.28. The van der Waals surface area contributed by atoms with E-state index >= 15 is 0 Å². The molecule has 2 aromatic rings. The molecule has 6 heteroatoms.